The summed E-state index contributed by atoms with van der Waals surface area (Å²) < 4.78 is 0. The summed E-state index contributed by atoms with van der Waals surface area (Å²) >= 11 is 0. The summed E-state index contributed by atoms with van der Waals surface area (Å²) in [6.45, 7) is 0.637. The fourth-order valence-electron chi connectivity index (χ4n) is 4.29. The number of hydrogen-bond donors (Lipinski definition) is 4. The predicted molar refractivity (Wildman–Crippen MR) is 120 cm³/mol. The summed E-state index contributed by atoms with van der Waals surface area (Å²) in [5.74, 6) is -0.906. The van der Waals surface area contributed by atoms with Gasteiger partial charge in [-0.05, 0) is 49.8 Å². The van der Waals surface area contributed by atoms with Crippen molar-refractivity contribution in [3.05, 3.63) is 35.5 Å². The maximum atomic E-state index is 13.0. The Morgan fingerprint density at radius 1 is 1.15 bits per heavy atom. The van der Waals surface area contributed by atoms with Crippen LogP contribution in [-0.2, 0) is 9.59 Å². The molecule has 33 heavy (non-hydrogen) atoms. The highest BCUT2D eigenvalue weighted by atomic mass is 16.2. The second kappa shape index (κ2) is 9.74. The summed E-state index contributed by atoms with van der Waals surface area (Å²) in [6.07, 6.45) is 4.28. The third-order valence-electron chi connectivity index (χ3n) is 6.31. The molecular formula is C24H26N6O3. The largest absolute Gasteiger partial charge is 0.356 e. The smallest absolute Gasteiger partial charge is 0.268 e. The summed E-state index contributed by atoms with van der Waals surface area (Å²) in [5.41, 5.74) is 1.38. The second-order valence-electron chi connectivity index (χ2n) is 8.82. The monoisotopic (exact) mass is 446 g/mol. The third kappa shape index (κ3) is 5.32. The number of fused-ring (bicyclic) bond motifs is 1. The zero-order chi connectivity index (χ0) is 23.4. The molecule has 4 rings (SSSR count). The first kappa shape index (κ1) is 22.3. The van der Waals surface area contributed by atoms with Gasteiger partial charge in [0.25, 0.3) is 5.91 Å². The quantitative estimate of drug-likeness (QED) is 0.488. The van der Waals surface area contributed by atoms with E-state index in [9.17, 15) is 24.9 Å². The Kier molecular flexibility index (Phi) is 6.60. The Balaban J connectivity index is 1.44. The summed E-state index contributed by atoms with van der Waals surface area (Å²) in [4.78, 5) is 41.0. The van der Waals surface area contributed by atoms with E-state index < -0.39 is 23.9 Å². The molecule has 170 valence electrons. The number of H-pyrrole nitrogens is 1. The summed E-state index contributed by atoms with van der Waals surface area (Å²) in [7, 11) is 0. The van der Waals surface area contributed by atoms with Crippen LogP contribution in [0.3, 0.4) is 0 Å². The van der Waals surface area contributed by atoms with Crippen LogP contribution in [0.2, 0.25) is 0 Å². The van der Waals surface area contributed by atoms with Gasteiger partial charge >= 0.3 is 0 Å². The van der Waals surface area contributed by atoms with Crippen LogP contribution in [0.1, 0.15) is 54.6 Å². The lowest BCUT2D eigenvalue weighted by atomic mass is 9.92. The van der Waals surface area contributed by atoms with Crippen LogP contribution in [0.5, 0.6) is 0 Å². The molecule has 1 aromatic carbocycles. The maximum Gasteiger partial charge on any atom is 0.268 e. The van der Waals surface area contributed by atoms with Crippen molar-refractivity contribution >= 4 is 28.6 Å². The van der Waals surface area contributed by atoms with E-state index in [1.54, 1.807) is 24.3 Å². The topological polar surface area (TPSA) is 151 Å². The SMILES string of the molecule is N#Cc1cccc2[nH]c(C(=O)NC(CC3CC3)C(=O)NC(C#N)CC3CCCNC3=O)cc12. The van der Waals surface area contributed by atoms with E-state index >= 15 is 0 Å². The van der Waals surface area contributed by atoms with Crippen molar-refractivity contribution in [1.29, 1.82) is 10.5 Å². The van der Waals surface area contributed by atoms with Crippen LogP contribution in [0.25, 0.3) is 10.9 Å². The fraction of sp³-hybridized carbons (Fsp3) is 0.458. The minimum atomic E-state index is -0.809. The molecule has 2 aliphatic rings. The Hall–Kier alpha value is -3.85. The van der Waals surface area contributed by atoms with Crippen molar-refractivity contribution in [2.24, 2.45) is 11.8 Å². The molecule has 0 radical (unpaired) electrons. The number of amides is 3. The van der Waals surface area contributed by atoms with Gasteiger partial charge in [0.1, 0.15) is 17.8 Å². The molecule has 0 spiro atoms. The Morgan fingerprint density at radius 3 is 2.67 bits per heavy atom. The average molecular weight is 447 g/mol. The third-order valence-corrected chi connectivity index (χ3v) is 6.31. The number of hydrogen-bond acceptors (Lipinski definition) is 5. The molecule has 1 aromatic heterocycles. The molecule has 9 heteroatoms. The minimum Gasteiger partial charge on any atom is -0.356 e. The van der Waals surface area contributed by atoms with E-state index in [-0.39, 0.29) is 23.9 Å². The standard InChI is InChI=1S/C24H26N6O3/c25-12-16-3-1-5-19-18(16)11-21(29-19)24(33)30-20(9-14-6-7-14)23(32)28-17(13-26)10-15-4-2-8-27-22(15)31/h1,3,5,11,14-15,17,20,29H,2,4,6-10H2,(H,27,31)(H,28,32)(H,30,33). The van der Waals surface area contributed by atoms with Crippen molar-refractivity contribution in [3.63, 3.8) is 0 Å². The molecular weight excluding hydrogens is 420 g/mol. The molecule has 1 saturated heterocycles. The molecule has 1 aliphatic heterocycles. The number of benzene rings is 1. The molecule has 9 nitrogen and oxygen atoms in total. The molecule has 1 aliphatic carbocycles. The van der Waals surface area contributed by atoms with E-state index in [0.717, 1.165) is 19.3 Å². The van der Waals surface area contributed by atoms with Gasteiger partial charge in [0, 0.05) is 23.4 Å². The minimum absolute atomic E-state index is 0.0888. The van der Waals surface area contributed by atoms with Gasteiger partial charge in [-0.1, -0.05) is 18.9 Å². The van der Waals surface area contributed by atoms with Crippen molar-refractivity contribution in [3.8, 4) is 12.1 Å². The Bertz CT molecular complexity index is 1150. The second-order valence-corrected chi connectivity index (χ2v) is 8.82. The Morgan fingerprint density at radius 2 is 1.97 bits per heavy atom. The number of aromatic nitrogens is 1. The van der Waals surface area contributed by atoms with Crippen LogP contribution >= 0.6 is 0 Å². The van der Waals surface area contributed by atoms with Gasteiger partial charge in [-0.25, -0.2) is 0 Å². The van der Waals surface area contributed by atoms with Gasteiger partial charge in [0.15, 0.2) is 0 Å². The average Bonchev–Trinajstić information content (AvgIpc) is 3.53. The number of carbonyl (C=O) groups is 3. The van der Waals surface area contributed by atoms with Crippen LogP contribution in [0.15, 0.2) is 24.3 Å². The van der Waals surface area contributed by atoms with Crippen LogP contribution in [0.4, 0.5) is 0 Å². The number of aromatic amines is 1. The van der Waals surface area contributed by atoms with Crippen molar-refractivity contribution in [2.45, 2.75) is 50.6 Å². The highest BCUT2D eigenvalue weighted by Crippen LogP contribution is 2.33. The number of rotatable bonds is 8. The van der Waals surface area contributed by atoms with Crippen molar-refractivity contribution < 1.29 is 14.4 Å². The normalized spacial score (nSPS) is 19.6. The zero-order valence-corrected chi connectivity index (χ0v) is 18.2. The van der Waals surface area contributed by atoms with Crippen molar-refractivity contribution in [1.82, 2.24) is 20.9 Å². The number of carbonyl (C=O) groups excluding carboxylic acids is 3. The first-order chi connectivity index (χ1) is 16.0. The van der Waals surface area contributed by atoms with E-state index in [1.807, 2.05) is 0 Å². The molecule has 2 fully saturated rings. The zero-order valence-electron chi connectivity index (χ0n) is 18.2. The van der Waals surface area contributed by atoms with Gasteiger partial charge < -0.3 is 20.9 Å². The van der Waals surface area contributed by atoms with Crippen molar-refractivity contribution in [2.75, 3.05) is 6.54 Å². The van der Waals surface area contributed by atoms with Gasteiger partial charge in [-0.15, -0.1) is 0 Å². The van der Waals surface area contributed by atoms with E-state index in [2.05, 4.69) is 33.1 Å². The summed E-state index contributed by atoms with van der Waals surface area (Å²) in [5, 5.41) is 27.8. The fourth-order valence-corrected chi connectivity index (χ4v) is 4.29. The van der Waals surface area contributed by atoms with Gasteiger partial charge in [0.05, 0.1) is 17.7 Å². The number of piperidine rings is 1. The van der Waals surface area contributed by atoms with Crippen LogP contribution < -0.4 is 16.0 Å². The molecule has 3 amide bonds. The molecule has 1 saturated carbocycles. The number of nitrogens with zero attached hydrogens (tertiary/aromatic N) is 2. The predicted octanol–water partition coefficient (Wildman–Crippen LogP) is 1.86. The molecule has 3 unspecified atom stereocenters. The highest BCUT2D eigenvalue weighted by molar-refractivity contribution is 6.01. The molecule has 2 heterocycles. The number of nitrogens with one attached hydrogen (secondary N) is 4. The molecule has 0 bridgehead atoms. The lowest BCUT2D eigenvalue weighted by Gasteiger charge is -2.25. The van der Waals surface area contributed by atoms with Gasteiger partial charge in [-0.2, -0.15) is 10.5 Å². The van der Waals surface area contributed by atoms with E-state index in [1.165, 1.54) is 0 Å². The first-order valence-corrected chi connectivity index (χ1v) is 11.3. The lowest BCUT2D eigenvalue weighted by molar-refractivity contribution is -0.128. The van der Waals surface area contributed by atoms with E-state index in [4.69, 9.17) is 0 Å². The van der Waals surface area contributed by atoms with Crippen LogP contribution in [0, 0.1) is 34.5 Å². The van der Waals surface area contributed by atoms with E-state index in [0.29, 0.717) is 41.8 Å². The maximum absolute atomic E-state index is 13.0. The molecule has 4 N–H and O–H groups in total. The Labute approximate surface area is 191 Å². The lowest BCUT2D eigenvalue weighted by Crippen LogP contribution is -2.50. The highest BCUT2D eigenvalue weighted by Gasteiger charge is 2.33. The van der Waals surface area contributed by atoms with Gasteiger partial charge in [0.2, 0.25) is 11.8 Å². The molecule has 2 aromatic rings. The number of nitriles is 2. The first-order valence-electron chi connectivity index (χ1n) is 11.3. The summed E-state index contributed by atoms with van der Waals surface area (Å²) in [6, 6.07) is 9.38. The van der Waals surface area contributed by atoms with Crippen LogP contribution in [-0.4, -0.2) is 41.3 Å². The molecule has 3 atom stereocenters. The van der Waals surface area contributed by atoms with Gasteiger partial charge in [-0.3, -0.25) is 14.4 Å².